The zero-order valence-electron chi connectivity index (χ0n) is 13.8. The van der Waals surface area contributed by atoms with E-state index in [1.807, 2.05) is 17.5 Å². The number of nitrogens with two attached hydrogens (primary N) is 1. The first-order valence-electron chi connectivity index (χ1n) is 7.74. The van der Waals surface area contributed by atoms with E-state index in [0.717, 1.165) is 17.7 Å². The van der Waals surface area contributed by atoms with E-state index in [0.29, 0.717) is 10.3 Å². The van der Waals surface area contributed by atoms with Crippen LogP contribution in [0.5, 0.6) is 0 Å². The molecule has 1 aromatic carbocycles. The molecule has 1 amide bonds. The van der Waals surface area contributed by atoms with E-state index in [1.165, 1.54) is 39.7 Å². The van der Waals surface area contributed by atoms with Gasteiger partial charge in [-0.1, -0.05) is 43.0 Å². The van der Waals surface area contributed by atoms with E-state index in [4.69, 9.17) is 5.84 Å². The number of nitrogen functional groups attached to an aromatic ring is 1. The molecular weight excluding hydrogens is 356 g/mol. The second-order valence-corrected chi connectivity index (χ2v) is 7.52. The summed E-state index contributed by atoms with van der Waals surface area (Å²) in [5.74, 6) is 5.50. The van der Waals surface area contributed by atoms with Gasteiger partial charge in [-0.15, -0.1) is 21.5 Å². The number of aromatic nitrogens is 4. The number of amides is 1. The summed E-state index contributed by atoms with van der Waals surface area (Å²) < 4.78 is 1.29. The summed E-state index contributed by atoms with van der Waals surface area (Å²) in [6, 6.07) is 8.28. The topological polar surface area (TPSA) is 98.7 Å². The molecule has 0 saturated heterocycles. The fraction of sp³-hybridized carbons (Fsp3) is 0.250. The number of nitrogens with one attached hydrogen (secondary N) is 1. The van der Waals surface area contributed by atoms with Gasteiger partial charge in [0.25, 0.3) is 0 Å². The van der Waals surface area contributed by atoms with Crippen LogP contribution in [0, 0.1) is 0 Å². The van der Waals surface area contributed by atoms with Crippen LogP contribution in [0.25, 0.3) is 11.3 Å². The van der Waals surface area contributed by atoms with Crippen molar-refractivity contribution in [3.8, 4) is 11.3 Å². The number of aryl methyl sites for hydroxylation is 1. The minimum atomic E-state index is -0.373. The summed E-state index contributed by atoms with van der Waals surface area (Å²) in [5, 5.41) is 13.0. The van der Waals surface area contributed by atoms with Gasteiger partial charge < -0.3 is 11.2 Å². The van der Waals surface area contributed by atoms with Gasteiger partial charge in [-0.2, -0.15) is 0 Å². The molecule has 2 aromatic heterocycles. The lowest BCUT2D eigenvalue weighted by atomic mass is 10.1. The van der Waals surface area contributed by atoms with Crippen molar-refractivity contribution in [1.29, 1.82) is 0 Å². The number of anilines is 1. The number of thiazole rings is 1. The number of hydrogen-bond acceptors (Lipinski definition) is 7. The van der Waals surface area contributed by atoms with Crippen molar-refractivity contribution in [2.75, 3.05) is 11.2 Å². The summed E-state index contributed by atoms with van der Waals surface area (Å²) in [6.45, 7) is 3.91. The smallest absolute Gasteiger partial charge is 0.239 e. The third-order valence-corrected chi connectivity index (χ3v) is 5.41. The standard InChI is InChI=1S/C16H18N6OS2/c1-3-11-4-6-12(7-5-11)13-8-24-15(19-13)20-14(23)10(2)25-16-21-18-9-22(16)17/h4-10H,3,17H2,1-2H3,(H,19,20,23)/t10-/m0/s1. The first kappa shape index (κ1) is 17.4. The lowest BCUT2D eigenvalue weighted by Gasteiger charge is -2.09. The molecule has 2 heterocycles. The van der Waals surface area contributed by atoms with Crippen LogP contribution in [0.1, 0.15) is 19.4 Å². The molecule has 0 aliphatic heterocycles. The largest absolute Gasteiger partial charge is 0.336 e. The monoisotopic (exact) mass is 374 g/mol. The minimum absolute atomic E-state index is 0.157. The highest BCUT2D eigenvalue weighted by Crippen LogP contribution is 2.26. The molecule has 3 aromatic rings. The van der Waals surface area contributed by atoms with Crippen LogP contribution in [0.15, 0.2) is 41.1 Å². The molecule has 0 bridgehead atoms. The highest BCUT2D eigenvalue weighted by Gasteiger charge is 2.18. The Morgan fingerprint density at radius 3 is 2.80 bits per heavy atom. The first-order valence-corrected chi connectivity index (χ1v) is 9.50. The minimum Gasteiger partial charge on any atom is -0.336 e. The van der Waals surface area contributed by atoms with Crippen molar-refractivity contribution >= 4 is 34.1 Å². The number of carbonyl (C=O) groups is 1. The molecule has 0 radical (unpaired) electrons. The SMILES string of the molecule is CCc1ccc(-c2csc(NC(=O)[C@H](C)Sc3nncn3N)n2)cc1. The predicted octanol–water partition coefficient (Wildman–Crippen LogP) is 2.80. The molecular formula is C16H18N6OS2. The molecule has 3 N–H and O–H groups in total. The highest BCUT2D eigenvalue weighted by molar-refractivity contribution is 8.00. The number of hydrogen-bond donors (Lipinski definition) is 2. The second-order valence-electron chi connectivity index (χ2n) is 5.36. The van der Waals surface area contributed by atoms with Crippen molar-refractivity contribution in [2.45, 2.75) is 30.7 Å². The van der Waals surface area contributed by atoms with Crippen LogP contribution in [0.4, 0.5) is 5.13 Å². The Bertz CT molecular complexity index is 858. The third-order valence-electron chi connectivity index (χ3n) is 3.58. The van der Waals surface area contributed by atoms with Crippen LogP contribution in [-0.4, -0.2) is 31.0 Å². The van der Waals surface area contributed by atoms with E-state index >= 15 is 0 Å². The summed E-state index contributed by atoms with van der Waals surface area (Å²) in [6.07, 6.45) is 2.40. The fourth-order valence-electron chi connectivity index (χ4n) is 2.11. The second kappa shape index (κ2) is 7.66. The summed E-state index contributed by atoms with van der Waals surface area (Å²) >= 11 is 2.64. The van der Waals surface area contributed by atoms with Gasteiger partial charge in [0.05, 0.1) is 10.9 Å². The maximum absolute atomic E-state index is 12.3. The maximum atomic E-state index is 12.3. The fourth-order valence-corrected chi connectivity index (χ4v) is 3.58. The Hall–Kier alpha value is -2.39. The van der Waals surface area contributed by atoms with E-state index in [1.54, 1.807) is 6.92 Å². The van der Waals surface area contributed by atoms with Crippen LogP contribution in [0.3, 0.4) is 0 Å². The molecule has 0 spiro atoms. The molecule has 7 nitrogen and oxygen atoms in total. The van der Waals surface area contributed by atoms with Gasteiger partial charge in [0, 0.05) is 10.9 Å². The van der Waals surface area contributed by atoms with Crippen molar-refractivity contribution < 1.29 is 4.79 Å². The van der Waals surface area contributed by atoms with Gasteiger partial charge in [-0.05, 0) is 18.9 Å². The normalized spacial score (nSPS) is 12.1. The molecule has 130 valence electrons. The van der Waals surface area contributed by atoms with Gasteiger partial charge in [0.2, 0.25) is 11.1 Å². The number of benzene rings is 1. The molecule has 0 aliphatic carbocycles. The average Bonchev–Trinajstić information content (AvgIpc) is 3.24. The Labute approximate surface area is 153 Å². The van der Waals surface area contributed by atoms with E-state index < -0.39 is 0 Å². The van der Waals surface area contributed by atoms with Crippen molar-refractivity contribution in [1.82, 2.24) is 19.9 Å². The Kier molecular flexibility index (Phi) is 5.34. The quantitative estimate of drug-likeness (QED) is 0.508. The lowest BCUT2D eigenvalue weighted by Crippen LogP contribution is -2.23. The molecule has 1 atom stereocenters. The van der Waals surface area contributed by atoms with E-state index in [2.05, 4.69) is 39.6 Å². The molecule has 0 aliphatic rings. The van der Waals surface area contributed by atoms with Gasteiger partial charge in [0.1, 0.15) is 6.33 Å². The van der Waals surface area contributed by atoms with Crippen LogP contribution in [-0.2, 0) is 11.2 Å². The highest BCUT2D eigenvalue weighted by atomic mass is 32.2. The summed E-state index contributed by atoms with van der Waals surface area (Å²) in [5.41, 5.74) is 3.17. The average molecular weight is 374 g/mol. The molecule has 0 unspecified atom stereocenters. The van der Waals surface area contributed by atoms with Crippen molar-refractivity contribution in [3.63, 3.8) is 0 Å². The maximum Gasteiger partial charge on any atom is 0.239 e. The van der Waals surface area contributed by atoms with Gasteiger partial charge in [-0.25, -0.2) is 9.66 Å². The number of thioether (sulfide) groups is 1. The predicted molar refractivity (Wildman–Crippen MR) is 101 cm³/mol. The van der Waals surface area contributed by atoms with Gasteiger partial charge in [-0.3, -0.25) is 4.79 Å². The molecule has 3 rings (SSSR count). The van der Waals surface area contributed by atoms with Gasteiger partial charge >= 0.3 is 0 Å². The third kappa shape index (κ3) is 4.18. The summed E-state index contributed by atoms with van der Waals surface area (Å²) in [7, 11) is 0. The van der Waals surface area contributed by atoms with Crippen LogP contribution < -0.4 is 11.2 Å². The Morgan fingerprint density at radius 1 is 1.40 bits per heavy atom. The number of carbonyl (C=O) groups excluding carboxylic acids is 1. The summed E-state index contributed by atoms with van der Waals surface area (Å²) in [4.78, 5) is 16.8. The lowest BCUT2D eigenvalue weighted by molar-refractivity contribution is -0.115. The van der Waals surface area contributed by atoms with Gasteiger partial charge in [0.15, 0.2) is 5.13 Å². The zero-order valence-corrected chi connectivity index (χ0v) is 15.5. The first-order chi connectivity index (χ1) is 12.1. The number of rotatable bonds is 6. The Morgan fingerprint density at radius 2 is 2.16 bits per heavy atom. The van der Waals surface area contributed by atoms with Crippen LogP contribution >= 0.6 is 23.1 Å². The Balaban J connectivity index is 1.64. The molecule has 9 heteroatoms. The zero-order chi connectivity index (χ0) is 17.8. The van der Waals surface area contributed by atoms with E-state index in [9.17, 15) is 4.79 Å². The number of nitrogens with zero attached hydrogens (tertiary/aromatic N) is 4. The van der Waals surface area contributed by atoms with Crippen molar-refractivity contribution in [3.05, 3.63) is 41.5 Å². The molecule has 25 heavy (non-hydrogen) atoms. The molecule has 0 saturated carbocycles. The van der Waals surface area contributed by atoms with Crippen molar-refractivity contribution in [2.24, 2.45) is 0 Å². The van der Waals surface area contributed by atoms with Crippen LogP contribution in [0.2, 0.25) is 0 Å². The van der Waals surface area contributed by atoms with E-state index in [-0.39, 0.29) is 11.2 Å². The molecule has 0 fully saturated rings.